The van der Waals surface area contributed by atoms with Crippen LogP contribution in [0.1, 0.15) is 26.3 Å². The summed E-state index contributed by atoms with van der Waals surface area (Å²) in [5.74, 6) is 0. The maximum Gasteiger partial charge on any atom is 0.243 e. The highest BCUT2D eigenvalue weighted by molar-refractivity contribution is 7.89. The molecule has 1 aliphatic heterocycles. The minimum Gasteiger partial charge on any atom is -0.207 e. The number of nitrogens with zero attached hydrogens (tertiary/aromatic N) is 1. The summed E-state index contributed by atoms with van der Waals surface area (Å²) in [6, 6.07) is 7.02. The van der Waals surface area contributed by atoms with Gasteiger partial charge >= 0.3 is 0 Å². The summed E-state index contributed by atoms with van der Waals surface area (Å²) in [5.41, 5.74) is 4.53. The molecule has 0 amide bonds. The number of hydrogen-bond acceptors (Lipinski definition) is 2. The quantitative estimate of drug-likeness (QED) is 0.838. The Morgan fingerprint density at radius 3 is 2.25 bits per heavy atom. The molecule has 1 aromatic rings. The summed E-state index contributed by atoms with van der Waals surface area (Å²) in [7, 11) is -3.41. The summed E-state index contributed by atoms with van der Waals surface area (Å²) < 4.78 is 26.8. The van der Waals surface area contributed by atoms with E-state index in [1.165, 1.54) is 15.5 Å². The van der Waals surface area contributed by atoms with Gasteiger partial charge in [0.05, 0.1) is 4.90 Å². The van der Waals surface area contributed by atoms with Crippen molar-refractivity contribution in [2.45, 2.75) is 32.6 Å². The number of hydrogen-bond donors (Lipinski definition) is 0. The Morgan fingerprint density at radius 1 is 1.10 bits per heavy atom. The number of rotatable bonds is 2. The molecule has 0 unspecified atom stereocenters. The van der Waals surface area contributed by atoms with E-state index in [0.717, 1.165) is 11.1 Å². The molecular formula is C16H21NO2S. The highest BCUT2D eigenvalue weighted by atomic mass is 32.2. The lowest BCUT2D eigenvalue weighted by atomic mass is 10.0. The zero-order valence-corrected chi connectivity index (χ0v) is 13.3. The number of allylic oxidation sites excluding steroid dienone is 1. The van der Waals surface area contributed by atoms with E-state index in [4.69, 9.17) is 0 Å². The summed E-state index contributed by atoms with van der Waals surface area (Å²) >= 11 is 0. The van der Waals surface area contributed by atoms with Crippen molar-refractivity contribution in [1.29, 1.82) is 0 Å². The summed E-state index contributed by atoms with van der Waals surface area (Å²) in [6.45, 7) is 8.94. The Kier molecular flexibility index (Phi) is 4.16. The molecule has 0 saturated carbocycles. The largest absolute Gasteiger partial charge is 0.243 e. The molecule has 0 spiro atoms. The lowest BCUT2D eigenvalue weighted by Crippen LogP contribution is -2.36. The Bertz CT molecular complexity index is 663. The fourth-order valence-electron chi connectivity index (χ4n) is 2.32. The van der Waals surface area contributed by atoms with Gasteiger partial charge in [-0.25, -0.2) is 8.42 Å². The highest BCUT2D eigenvalue weighted by Crippen LogP contribution is 2.25. The SMILES string of the molecule is CC1=CCN(S(=O)(=O)c2ccc(C)cc2)CC1=C(C)C. The normalized spacial score (nSPS) is 17.0. The van der Waals surface area contributed by atoms with Crippen molar-refractivity contribution < 1.29 is 8.42 Å². The van der Waals surface area contributed by atoms with Gasteiger partial charge in [0.15, 0.2) is 0 Å². The first kappa shape index (κ1) is 15.0. The molecule has 0 bridgehead atoms. The van der Waals surface area contributed by atoms with E-state index in [0.29, 0.717) is 18.0 Å². The summed E-state index contributed by atoms with van der Waals surface area (Å²) in [5, 5.41) is 0. The molecule has 1 aliphatic rings. The van der Waals surface area contributed by atoms with Gasteiger partial charge in [-0.3, -0.25) is 0 Å². The van der Waals surface area contributed by atoms with Crippen molar-refractivity contribution >= 4 is 10.0 Å². The van der Waals surface area contributed by atoms with Crippen LogP contribution >= 0.6 is 0 Å². The Morgan fingerprint density at radius 2 is 1.70 bits per heavy atom. The third-order valence-electron chi connectivity index (χ3n) is 3.67. The molecule has 0 saturated heterocycles. The maximum atomic E-state index is 12.6. The molecule has 0 N–H and O–H groups in total. The number of benzene rings is 1. The van der Waals surface area contributed by atoms with Gasteiger partial charge in [-0.1, -0.05) is 29.3 Å². The Balaban J connectivity index is 2.37. The van der Waals surface area contributed by atoms with E-state index in [9.17, 15) is 8.42 Å². The van der Waals surface area contributed by atoms with Gasteiger partial charge in [-0.2, -0.15) is 4.31 Å². The fourth-order valence-corrected chi connectivity index (χ4v) is 3.67. The molecule has 2 rings (SSSR count). The second kappa shape index (κ2) is 5.54. The van der Waals surface area contributed by atoms with Gasteiger partial charge in [-0.05, 0) is 51.0 Å². The van der Waals surface area contributed by atoms with E-state index in [2.05, 4.69) is 0 Å². The molecule has 20 heavy (non-hydrogen) atoms. The molecule has 0 radical (unpaired) electrons. The molecule has 1 aromatic carbocycles. The lowest BCUT2D eigenvalue weighted by molar-refractivity contribution is 0.458. The molecule has 1 heterocycles. The lowest BCUT2D eigenvalue weighted by Gasteiger charge is -2.28. The first-order chi connectivity index (χ1) is 9.32. The van der Waals surface area contributed by atoms with Crippen LogP contribution in [-0.2, 0) is 10.0 Å². The van der Waals surface area contributed by atoms with E-state index >= 15 is 0 Å². The predicted octanol–water partition coefficient (Wildman–Crippen LogP) is 3.28. The molecule has 0 atom stereocenters. The number of aryl methyl sites for hydroxylation is 1. The highest BCUT2D eigenvalue weighted by Gasteiger charge is 2.27. The summed E-state index contributed by atoms with van der Waals surface area (Å²) in [6.07, 6.45) is 1.98. The van der Waals surface area contributed by atoms with Crippen molar-refractivity contribution in [2.24, 2.45) is 0 Å². The Hall–Kier alpha value is -1.39. The standard InChI is InChI=1S/C16H21NO2S/c1-12(2)16-11-17(10-9-14(16)4)20(18,19)15-7-5-13(3)6-8-15/h5-9H,10-11H2,1-4H3. The third kappa shape index (κ3) is 2.86. The van der Waals surface area contributed by atoms with Gasteiger partial charge in [-0.15, -0.1) is 0 Å². The maximum absolute atomic E-state index is 12.6. The van der Waals surface area contributed by atoms with E-state index in [-0.39, 0.29) is 0 Å². The van der Waals surface area contributed by atoms with E-state index in [1.807, 2.05) is 45.9 Å². The molecule has 0 fully saturated rings. The van der Waals surface area contributed by atoms with E-state index in [1.54, 1.807) is 12.1 Å². The molecule has 108 valence electrons. The van der Waals surface area contributed by atoms with Gasteiger partial charge in [0.2, 0.25) is 10.0 Å². The first-order valence-electron chi connectivity index (χ1n) is 6.72. The average molecular weight is 291 g/mol. The molecule has 0 aromatic heterocycles. The smallest absolute Gasteiger partial charge is 0.207 e. The summed E-state index contributed by atoms with van der Waals surface area (Å²) in [4.78, 5) is 0.365. The molecule has 4 heteroatoms. The van der Waals surface area contributed by atoms with Crippen LogP contribution in [0, 0.1) is 6.92 Å². The zero-order valence-electron chi connectivity index (χ0n) is 12.5. The van der Waals surface area contributed by atoms with Crippen molar-refractivity contribution in [3.63, 3.8) is 0 Å². The van der Waals surface area contributed by atoms with Crippen LogP contribution in [0.2, 0.25) is 0 Å². The second-order valence-electron chi connectivity index (χ2n) is 5.48. The minimum atomic E-state index is -3.41. The zero-order chi connectivity index (χ0) is 14.9. The molecule has 0 aliphatic carbocycles. The Labute approximate surface area is 121 Å². The minimum absolute atomic E-state index is 0.365. The van der Waals surface area contributed by atoms with Crippen LogP contribution < -0.4 is 0 Å². The van der Waals surface area contributed by atoms with Gasteiger partial charge in [0.25, 0.3) is 0 Å². The van der Waals surface area contributed by atoms with Gasteiger partial charge in [0.1, 0.15) is 0 Å². The van der Waals surface area contributed by atoms with Crippen LogP contribution in [0.15, 0.2) is 52.0 Å². The van der Waals surface area contributed by atoms with Crippen LogP contribution in [0.5, 0.6) is 0 Å². The van der Waals surface area contributed by atoms with Crippen LogP contribution in [0.4, 0.5) is 0 Å². The van der Waals surface area contributed by atoms with Crippen molar-refractivity contribution in [1.82, 2.24) is 4.31 Å². The van der Waals surface area contributed by atoms with Gasteiger partial charge in [0, 0.05) is 13.1 Å². The molecular weight excluding hydrogens is 270 g/mol. The molecule has 3 nitrogen and oxygen atoms in total. The van der Waals surface area contributed by atoms with Crippen molar-refractivity contribution in [2.75, 3.05) is 13.1 Å². The van der Waals surface area contributed by atoms with Crippen LogP contribution in [-0.4, -0.2) is 25.8 Å². The number of sulfonamides is 1. The van der Waals surface area contributed by atoms with E-state index < -0.39 is 10.0 Å². The van der Waals surface area contributed by atoms with Crippen LogP contribution in [0.25, 0.3) is 0 Å². The fraction of sp³-hybridized carbons (Fsp3) is 0.375. The first-order valence-corrected chi connectivity index (χ1v) is 8.16. The monoisotopic (exact) mass is 291 g/mol. The van der Waals surface area contributed by atoms with Crippen molar-refractivity contribution in [3.05, 3.63) is 52.6 Å². The average Bonchev–Trinajstić information content (AvgIpc) is 2.39. The van der Waals surface area contributed by atoms with Crippen LogP contribution in [0.3, 0.4) is 0 Å². The predicted molar refractivity (Wildman–Crippen MR) is 82.1 cm³/mol. The third-order valence-corrected chi connectivity index (χ3v) is 5.50. The second-order valence-corrected chi connectivity index (χ2v) is 7.41. The van der Waals surface area contributed by atoms with Gasteiger partial charge < -0.3 is 0 Å². The topological polar surface area (TPSA) is 37.4 Å². The van der Waals surface area contributed by atoms with Crippen molar-refractivity contribution in [3.8, 4) is 0 Å².